The molecule has 1 heterocycles. The van der Waals surface area contributed by atoms with E-state index >= 15 is 0 Å². The molecular formula is C24H25N3O2. The van der Waals surface area contributed by atoms with Gasteiger partial charge in [-0.2, -0.15) is 0 Å². The number of hydrogen-bond acceptors (Lipinski definition) is 3. The Bertz CT molecular complexity index is 1010. The SMILES string of the molecule is CCN(C(=O)c1cc(C(=O)NCc2ccc(C)cc2)ccn1)c1cccc(C)c1. The highest BCUT2D eigenvalue weighted by Crippen LogP contribution is 2.18. The van der Waals surface area contributed by atoms with Gasteiger partial charge in [0.05, 0.1) is 0 Å². The first-order chi connectivity index (χ1) is 14.0. The molecule has 1 aromatic heterocycles. The van der Waals surface area contributed by atoms with Gasteiger partial charge in [0, 0.05) is 30.5 Å². The van der Waals surface area contributed by atoms with Crippen LogP contribution in [0.5, 0.6) is 0 Å². The average Bonchev–Trinajstić information content (AvgIpc) is 2.74. The van der Waals surface area contributed by atoms with E-state index in [-0.39, 0.29) is 17.5 Å². The van der Waals surface area contributed by atoms with Crippen molar-refractivity contribution in [2.75, 3.05) is 11.4 Å². The number of aromatic nitrogens is 1. The van der Waals surface area contributed by atoms with E-state index in [0.717, 1.165) is 16.8 Å². The van der Waals surface area contributed by atoms with Gasteiger partial charge in [-0.3, -0.25) is 14.6 Å². The molecule has 0 aliphatic carbocycles. The zero-order chi connectivity index (χ0) is 20.8. The molecule has 0 unspecified atom stereocenters. The van der Waals surface area contributed by atoms with Gasteiger partial charge in [0.2, 0.25) is 0 Å². The average molecular weight is 387 g/mol. The first-order valence-corrected chi connectivity index (χ1v) is 9.66. The number of amides is 2. The van der Waals surface area contributed by atoms with Crippen LogP contribution in [0.25, 0.3) is 0 Å². The molecule has 0 bridgehead atoms. The maximum absolute atomic E-state index is 13.0. The molecule has 5 heteroatoms. The summed E-state index contributed by atoms with van der Waals surface area (Å²) >= 11 is 0. The van der Waals surface area contributed by atoms with Crippen molar-refractivity contribution >= 4 is 17.5 Å². The molecule has 0 aliphatic rings. The standard InChI is InChI=1S/C24H25N3O2/c1-4-27(21-7-5-6-18(3)14-21)24(29)22-15-20(12-13-25-22)23(28)26-16-19-10-8-17(2)9-11-19/h5-15H,4,16H2,1-3H3,(H,26,28). The van der Waals surface area contributed by atoms with Crippen LogP contribution >= 0.6 is 0 Å². The van der Waals surface area contributed by atoms with E-state index in [0.29, 0.717) is 18.7 Å². The van der Waals surface area contributed by atoms with Gasteiger partial charge in [-0.15, -0.1) is 0 Å². The van der Waals surface area contributed by atoms with Crippen LogP contribution in [0.4, 0.5) is 5.69 Å². The number of anilines is 1. The van der Waals surface area contributed by atoms with Crippen LogP contribution in [-0.2, 0) is 6.54 Å². The first kappa shape index (κ1) is 20.3. The Hall–Kier alpha value is -3.47. The van der Waals surface area contributed by atoms with Crippen LogP contribution in [-0.4, -0.2) is 23.3 Å². The fraction of sp³-hybridized carbons (Fsp3) is 0.208. The molecule has 3 aromatic rings. The van der Waals surface area contributed by atoms with E-state index in [1.54, 1.807) is 17.0 Å². The first-order valence-electron chi connectivity index (χ1n) is 9.66. The van der Waals surface area contributed by atoms with Crippen LogP contribution in [0.15, 0.2) is 66.9 Å². The number of hydrogen-bond donors (Lipinski definition) is 1. The largest absolute Gasteiger partial charge is 0.348 e. The van der Waals surface area contributed by atoms with Crippen molar-refractivity contribution in [3.05, 3.63) is 94.8 Å². The minimum Gasteiger partial charge on any atom is -0.348 e. The van der Waals surface area contributed by atoms with Gasteiger partial charge in [0.15, 0.2) is 0 Å². The molecule has 0 spiro atoms. The molecule has 0 saturated heterocycles. The van der Waals surface area contributed by atoms with Crippen molar-refractivity contribution in [2.45, 2.75) is 27.3 Å². The summed E-state index contributed by atoms with van der Waals surface area (Å²) in [6, 6.07) is 18.9. The van der Waals surface area contributed by atoms with E-state index in [9.17, 15) is 9.59 Å². The van der Waals surface area contributed by atoms with Gasteiger partial charge in [-0.25, -0.2) is 0 Å². The molecule has 29 heavy (non-hydrogen) atoms. The zero-order valence-corrected chi connectivity index (χ0v) is 17.0. The molecule has 5 nitrogen and oxygen atoms in total. The molecule has 0 aliphatic heterocycles. The number of aryl methyl sites for hydroxylation is 2. The van der Waals surface area contributed by atoms with E-state index in [1.165, 1.54) is 11.8 Å². The second-order valence-electron chi connectivity index (χ2n) is 6.99. The van der Waals surface area contributed by atoms with Gasteiger partial charge in [0.25, 0.3) is 11.8 Å². The molecule has 0 atom stereocenters. The normalized spacial score (nSPS) is 10.4. The minimum absolute atomic E-state index is 0.230. The highest BCUT2D eigenvalue weighted by atomic mass is 16.2. The van der Waals surface area contributed by atoms with Crippen LogP contribution in [0.2, 0.25) is 0 Å². The summed E-state index contributed by atoms with van der Waals surface area (Å²) in [4.78, 5) is 31.4. The summed E-state index contributed by atoms with van der Waals surface area (Å²) in [5.41, 5.74) is 4.74. The van der Waals surface area contributed by atoms with Crippen LogP contribution in [0.3, 0.4) is 0 Å². The van der Waals surface area contributed by atoms with Crippen LogP contribution in [0, 0.1) is 13.8 Å². The topological polar surface area (TPSA) is 62.3 Å². The summed E-state index contributed by atoms with van der Waals surface area (Å²) < 4.78 is 0. The molecule has 148 valence electrons. The maximum Gasteiger partial charge on any atom is 0.276 e. The lowest BCUT2D eigenvalue weighted by atomic mass is 10.1. The van der Waals surface area contributed by atoms with E-state index in [4.69, 9.17) is 0 Å². The Labute approximate surface area is 171 Å². The van der Waals surface area contributed by atoms with E-state index in [2.05, 4.69) is 10.3 Å². The quantitative estimate of drug-likeness (QED) is 0.686. The second-order valence-corrected chi connectivity index (χ2v) is 6.99. The lowest BCUT2D eigenvalue weighted by Crippen LogP contribution is -2.32. The highest BCUT2D eigenvalue weighted by molar-refractivity contribution is 6.06. The predicted octanol–water partition coefficient (Wildman–Crippen LogP) is 4.30. The lowest BCUT2D eigenvalue weighted by Gasteiger charge is -2.21. The summed E-state index contributed by atoms with van der Waals surface area (Å²) in [5, 5.41) is 2.89. The van der Waals surface area contributed by atoms with Crippen LogP contribution in [0.1, 0.15) is 44.5 Å². The van der Waals surface area contributed by atoms with Gasteiger partial charge in [-0.05, 0) is 56.2 Å². The number of carbonyl (C=O) groups excluding carboxylic acids is 2. The monoisotopic (exact) mass is 387 g/mol. The number of carbonyl (C=O) groups is 2. The maximum atomic E-state index is 13.0. The Balaban J connectivity index is 1.74. The summed E-state index contributed by atoms with van der Waals surface area (Å²) in [6.07, 6.45) is 1.50. The Morgan fingerprint density at radius 2 is 1.72 bits per heavy atom. The molecule has 0 radical (unpaired) electrons. The number of nitrogens with one attached hydrogen (secondary N) is 1. The van der Waals surface area contributed by atoms with Crippen molar-refractivity contribution in [3.8, 4) is 0 Å². The van der Waals surface area contributed by atoms with Crippen molar-refractivity contribution in [1.82, 2.24) is 10.3 Å². The summed E-state index contributed by atoms with van der Waals surface area (Å²) in [5.74, 6) is -0.466. The fourth-order valence-corrected chi connectivity index (χ4v) is 3.06. The van der Waals surface area contributed by atoms with Crippen LogP contribution < -0.4 is 10.2 Å². The lowest BCUT2D eigenvalue weighted by molar-refractivity contribution is 0.0951. The molecular weight excluding hydrogens is 362 g/mol. The Morgan fingerprint density at radius 1 is 0.966 bits per heavy atom. The third kappa shape index (κ3) is 5.08. The van der Waals surface area contributed by atoms with E-state index < -0.39 is 0 Å². The Kier molecular flexibility index (Phi) is 6.39. The van der Waals surface area contributed by atoms with Crippen molar-refractivity contribution in [3.63, 3.8) is 0 Å². The minimum atomic E-state index is -0.236. The van der Waals surface area contributed by atoms with Gasteiger partial charge < -0.3 is 10.2 Å². The molecule has 2 aromatic carbocycles. The summed E-state index contributed by atoms with van der Waals surface area (Å²) in [7, 11) is 0. The van der Waals surface area contributed by atoms with Gasteiger partial charge >= 0.3 is 0 Å². The Morgan fingerprint density at radius 3 is 2.41 bits per heavy atom. The molecule has 1 N–H and O–H groups in total. The zero-order valence-electron chi connectivity index (χ0n) is 17.0. The fourth-order valence-electron chi connectivity index (χ4n) is 3.06. The number of nitrogens with zero attached hydrogens (tertiary/aromatic N) is 2. The van der Waals surface area contributed by atoms with E-state index in [1.807, 2.05) is 69.3 Å². The summed E-state index contributed by atoms with van der Waals surface area (Å²) in [6.45, 7) is 6.86. The molecule has 3 rings (SSSR count). The number of benzene rings is 2. The number of rotatable bonds is 6. The van der Waals surface area contributed by atoms with Gasteiger partial charge in [0.1, 0.15) is 5.69 Å². The number of pyridine rings is 1. The van der Waals surface area contributed by atoms with Crippen molar-refractivity contribution in [1.29, 1.82) is 0 Å². The van der Waals surface area contributed by atoms with Gasteiger partial charge in [-0.1, -0.05) is 42.0 Å². The smallest absolute Gasteiger partial charge is 0.276 e. The second kappa shape index (κ2) is 9.15. The van der Waals surface area contributed by atoms with Crippen molar-refractivity contribution in [2.24, 2.45) is 0 Å². The predicted molar refractivity (Wildman–Crippen MR) is 115 cm³/mol. The molecule has 2 amide bonds. The molecule has 0 saturated carbocycles. The van der Waals surface area contributed by atoms with Crippen molar-refractivity contribution < 1.29 is 9.59 Å². The third-order valence-corrected chi connectivity index (χ3v) is 4.69. The molecule has 0 fully saturated rings. The highest BCUT2D eigenvalue weighted by Gasteiger charge is 2.19. The third-order valence-electron chi connectivity index (χ3n) is 4.69.